The number of rotatable bonds is 11. The molecule has 4 aliphatic carbocycles. The van der Waals surface area contributed by atoms with Crippen molar-refractivity contribution < 1.29 is 53.8 Å². The molecule has 11 heteroatoms. The fourth-order valence-electron chi connectivity index (χ4n) is 11.6. The molecule has 2 saturated carbocycles. The summed E-state index contributed by atoms with van der Waals surface area (Å²) < 4.78 is 22.1. The molecule has 1 unspecified atom stereocenters. The van der Waals surface area contributed by atoms with Gasteiger partial charge in [0.2, 0.25) is 6.29 Å². The Morgan fingerprint density at radius 1 is 0.906 bits per heavy atom. The van der Waals surface area contributed by atoms with Crippen molar-refractivity contribution in [2.24, 2.45) is 39.4 Å². The third kappa shape index (κ3) is 7.76. The third-order valence-electron chi connectivity index (χ3n) is 14.8. The van der Waals surface area contributed by atoms with Crippen molar-refractivity contribution in [1.82, 2.24) is 0 Å². The van der Waals surface area contributed by atoms with E-state index in [2.05, 4.69) is 45.4 Å². The fraction of sp³-hybridized carbons (Fsp3) is 0.833. The van der Waals surface area contributed by atoms with Gasteiger partial charge in [0.15, 0.2) is 0 Å². The van der Waals surface area contributed by atoms with Crippen LogP contribution in [0.2, 0.25) is 0 Å². The molecular formula is C42H66O11. The molecule has 1 aliphatic heterocycles. The van der Waals surface area contributed by atoms with Gasteiger partial charge in [0.1, 0.15) is 24.4 Å². The van der Waals surface area contributed by atoms with Crippen molar-refractivity contribution >= 4 is 17.9 Å². The lowest BCUT2D eigenvalue weighted by Crippen LogP contribution is -2.56. The quantitative estimate of drug-likeness (QED) is 0.116. The molecule has 1 saturated heterocycles. The summed E-state index contributed by atoms with van der Waals surface area (Å²) in [6.07, 6.45) is 4.21. The summed E-state index contributed by atoms with van der Waals surface area (Å²) in [6.45, 7) is 16.9. The lowest BCUT2D eigenvalue weighted by Gasteiger charge is -2.62. The van der Waals surface area contributed by atoms with Gasteiger partial charge in [0, 0.05) is 5.41 Å². The number of allylic oxidation sites excluding steroid dienone is 4. The smallest absolute Gasteiger partial charge is 0.311 e. The summed E-state index contributed by atoms with van der Waals surface area (Å²) in [7, 11) is 1.25. The summed E-state index contributed by atoms with van der Waals surface area (Å²) >= 11 is 0. The maximum atomic E-state index is 14.1. The van der Waals surface area contributed by atoms with Crippen molar-refractivity contribution in [2.45, 2.75) is 169 Å². The highest BCUT2D eigenvalue weighted by molar-refractivity contribution is 5.75. The second-order valence-corrected chi connectivity index (χ2v) is 18.8. The zero-order valence-electron chi connectivity index (χ0n) is 33.5. The zero-order valence-corrected chi connectivity index (χ0v) is 33.5. The largest absolute Gasteiger partial charge is 0.469 e. The van der Waals surface area contributed by atoms with Crippen LogP contribution in [0.1, 0.15) is 132 Å². The van der Waals surface area contributed by atoms with Crippen LogP contribution >= 0.6 is 0 Å². The Hall–Kier alpha value is -2.31. The van der Waals surface area contributed by atoms with Crippen LogP contribution < -0.4 is 0 Å². The van der Waals surface area contributed by atoms with E-state index in [9.17, 15) is 34.8 Å². The molecule has 0 spiro atoms. The Bertz CT molecular complexity index is 1460. The predicted molar refractivity (Wildman–Crippen MR) is 197 cm³/mol. The molecule has 4 N–H and O–H groups in total. The summed E-state index contributed by atoms with van der Waals surface area (Å²) in [5.74, 6) is -1.61. The maximum Gasteiger partial charge on any atom is 0.311 e. The van der Waals surface area contributed by atoms with Crippen LogP contribution in [0.3, 0.4) is 0 Å². The zero-order chi connectivity index (χ0) is 39.3. The van der Waals surface area contributed by atoms with E-state index in [1.54, 1.807) is 5.57 Å². The number of methoxy groups -OCH3 is 1. The van der Waals surface area contributed by atoms with Gasteiger partial charge in [-0.05, 0) is 113 Å². The van der Waals surface area contributed by atoms with Gasteiger partial charge in [-0.25, -0.2) is 0 Å². The van der Waals surface area contributed by atoms with E-state index in [1.807, 2.05) is 13.8 Å². The van der Waals surface area contributed by atoms with Gasteiger partial charge in [-0.15, -0.1) is 0 Å². The monoisotopic (exact) mass is 746 g/mol. The van der Waals surface area contributed by atoms with Crippen LogP contribution in [0.5, 0.6) is 0 Å². The molecule has 3 fully saturated rings. The van der Waals surface area contributed by atoms with Crippen molar-refractivity contribution in [3.63, 3.8) is 0 Å². The van der Waals surface area contributed by atoms with E-state index in [0.29, 0.717) is 12.8 Å². The van der Waals surface area contributed by atoms with Crippen molar-refractivity contribution in [3.05, 3.63) is 22.8 Å². The first-order chi connectivity index (χ1) is 24.6. The molecule has 0 bridgehead atoms. The van der Waals surface area contributed by atoms with Gasteiger partial charge in [0.25, 0.3) is 0 Å². The average Bonchev–Trinajstić information content (AvgIpc) is 3.34. The molecule has 5 rings (SSSR count). The van der Waals surface area contributed by atoms with Gasteiger partial charge in [-0.3, -0.25) is 14.4 Å². The number of esters is 3. The molecule has 12 atom stereocenters. The maximum absolute atomic E-state index is 14.1. The molecule has 0 amide bonds. The number of ether oxygens (including phenoxy) is 4. The van der Waals surface area contributed by atoms with E-state index in [1.165, 1.54) is 25.2 Å². The lowest BCUT2D eigenvalue weighted by atomic mass is 9.43. The number of aliphatic hydroxyl groups is 4. The first kappa shape index (κ1) is 41.8. The Labute approximate surface area is 315 Å². The van der Waals surface area contributed by atoms with Gasteiger partial charge in [0.05, 0.1) is 38.1 Å². The van der Waals surface area contributed by atoms with E-state index in [0.717, 1.165) is 51.4 Å². The number of hydrogen-bond acceptors (Lipinski definition) is 11. The molecule has 0 aromatic carbocycles. The van der Waals surface area contributed by atoms with E-state index in [4.69, 9.17) is 14.2 Å². The normalized spacial score (nSPS) is 39.4. The molecule has 0 aromatic heterocycles. The van der Waals surface area contributed by atoms with Crippen LogP contribution in [0.25, 0.3) is 0 Å². The predicted octanol–water partition coefficient (Wildman–Crippen LogP) is 5.70. The van der Waals surface area contributed by atoms with Gasteiger partial charge >= 0.3 is 17.9 Å². The van der Waals surface area contributed by atoms with Crippen LogP contribution in [-0.4, -0.2) is 88.4 Å². The lowest BCUT2D eigenvalue weighted by molar-refractivity contribution is -0.265. The molecular weight excluding hydrogens is 680 g/mol. The molecule has 0 radical (unpaired) electrons. The Balaban J connectivity index is 1.37. The first-order valence-electron chi connectivity index (χ1n) is 19.8. The van der Waals surface area contributed by atoms with Gasteiger partial charge in [-0.1, -0.05) is 57.4 Å². The van der Waals surface area contributed by atoms with Crippen LogP contribution in [-0.2, 0) is 33.3 Å². The molecule has 11 nitrogen and oxygen atoms in total. The summed E-state index contributed by atoms with van der Waals surface area (Å²) in [5, 5.41) is 41.5. The van der Waals surface area contributed by atoms with Crippen molar-refractivity contribution in [3.8, 4) is 0 Å². The number of aliphatic hydroxyl groups excluding tert-OH is 3. The highest BCUT2D eigenvalue weighted by Gasteiger charge is 2.65. The molecule has 53 heavy (non-hydrogen) atoms. The summed E-state index contributed by atoms with van der Waals surface area (Å²) in [4.78, 5) is 39.0. The van der Waals surface area contributed by atoms with E-state index < -0.39 is 54.0 Å². The number of carbonyl (C=O) groups is 3. The summed E-state index contributed by atoms with van der Waals surface area (Å²) in [6, 6.07) is 0. The number of fused-ring (bicyclic) bond motifs is 4. The van der Waals surface area contributed by atoms with Crippen LogP contribution in [0, 0.1) is 39.4 Å². The van der Waals surface area contributed by atoms with E-state index in [-0.39, 0.29) is 59.0 Å². The summed E-state index contributed by atoms with van der Waals surface area (Å²) in [5.41, 5.74) is 2.04. The van der Waals surface area contributed by atoms with Crippen LogP contribution in [0.4, 0.5) is 0 Å². The second kappa shape index (κ2) is 15.3. The minimum absolute atomic E-state index is 0.0457. The Kier molecular flexibility index (Phi) is 12.1. The highest BCUT2D eigenvalue weighted by Crippen LogP contribution is 2.72. The Morgan fingerprint density at radius 2 is 1.58 bits per heavy atom. The first-order valence-corrected chi connectivity index (χ1v) is 19.8. The standard InChI is InChI=1S/C42H66O11/c1-24(2)11-10-12-25(36(48)53-37-35(47)34(46)29(43)23-51-37)26-15-19-42(8)28-13-14-30-38(3,4)31(52-33(45)22-39(5,49)21-32(44)50-9)17-18-40(30,6)27(28)16-20-41(26,42)7/h11,25-26,29-31,34-35,37,43,46-47,49H,10,12-23H2,1-9H3/t25-,26-,29-,30+,31-,34+,35-,37+,39?,40-,41-,42+/m1/s1. The minimum atomic E-state index is -1.55. The molecule has 1 heterocycles. The SMILES string of the molecule is COC(=O)CC(C)(O)CC(=O)O[C@@H]1CC[C@]2(C)C3=C(CC[C@H]2C1(C)C)[C@]1(C)CC[C@H]([C@@H](CCC=C(C)C)C(=O)O[C@@H]2OC[C@@H](O)[C@H](O)[C@H]2O)[C@@]1(C)CC3. The number of carbonyl (C=O) groups excluding carboxylic acids is 3. The van der Waals surface area contributed by atoms with Crippen molar-refractivity contribution in [1.29, 1.82) is 0 Å². The van der Waals surface area contributed by atoms with Gasteiger partial charge in [-0.2, -0.15) is 0 Å². The molecule has 0 aromatic rings. The van der Waals surface area contributed by atoms with Crippen molar-refractivity contribution in [2.75, 3.05) is 13.7 Å². The topological polar surface area (TPSA) is 169 Å². The molecule has 5 aliphatic rings. The highest BCUT2D eigenvalue weighted by atomic mass is 16.7. The average molecular weight is 747 g/mol. The number of hydrogen-bond donors (Lipinski definition) is 4. The second-order valence-electron chi connectivity index (χ2n) is 18.8. The van der Waals surface area contributed by atoms with E-state index >= 15 is 0 Å². The molecule has 300 valence electrons. The Morgan fingerprint density at radius 3 is 2.25 bits per heavy atom. The minimum Gasteiger partial charge on any atom is -0.469 e. The third-order valence-corrected chi connectivity index (χ3v) is 14.8. The van der Waals surface area contributed by atoms with Crippen LogP contribution in [0.15, 0.2) is 22.8 Å². The van der Waals surface area contributed by atoms with Gasteiger partial charge < -0.3 is 39.4 Å². The fourth-order valence-corrected chi connectivity index (χ4v) is 11.6.